The number of carbonyl (C=O) groups is 1. The van der Waals surface area contributed by atoms with Crippen LogP contribution in [0.2, 0.25) is 0 Å². The third-order valence-electron chi connectivity index (χ3n) is 9.30. The number of anilines is 4. The van der Waals surface area contributed by atoms with E-state index in [4.69, 9.17) is 24.3 Å². The first-order valence-electron chi connectivity index (χ1n) is 17.8. The average molecular weight is 755 g/mol. The smallest absolute Gasteiger partial charge is 0.329 e. The van der Waals surface area contributed by atoms with Crippen LogP contribution >= 0.6 is 0 Å². The second-order valence-electron chi connectivity index (χ2n) is 13.0. The summed E-state index contributed by atoms with van der Waals surface area (Å²) >= 11 is 0. The standard InChI is InChI=1S/C40H46N6O7S/c1-45(2)35-16-8-15-33-32(35)14-9-17-36(33)54(49,50)44-30-13-7-12-29(26-30)34-27-42-40(41-19-22-52-24-25-53-23-21-47)43-38(34)46-20-18-31(37(46)39(48)51-3)28-10-5-4-6-11-28/h4-17,26-27,31,37,44,47H,18-25H2,1-3H3,(H,41,42,43). The van der Waals surface area contributed by atoms with Gasteiger partial charge in [-0.05, 0) is 41.8 Å². The molecule has 0 amide bonds. The van der Waals surface area contributed by atoms with E-state index in [0.29, 0.717) is 73.3 Å². The summed E-state index contributed by atoms with van der Waals surface area (Å²) in [6.07, 6.45) is 2.36. The molecule has 1 saturated heterocycles. The number of rotatable bonds is 17. The van der Waals surface area contributed by atoms with Crippen molar-refractivity contribution in [2.45, 2.75) is 23.3 Å². The number of carbonyl (C=O) groups excluding carboxylic acids is 1. The van der Waals surface area contributed by atoms with E-state index in [-0.39, 0.29) is 30.0 Å². The Hall–Kier alpha value is -5.28. The van der Waals surface area contributed by atoms with Gasteiger partial charge < -0.3 is 34.4 Å². The number of hydrogen-bond acceptors (Lipinski definition) is 12. The predicted octanol–water partition coefficient (Wildman–Crippen LogP) is 5.14. The van der Waals surface area contributed by atoms with Crippen LogP contribution in [0.3, 0.4) is 0 Å². The molecule has 0 aliphatic carbocycles. The van der Waals surface area contributed by atoms with E-state index in [1.165, 1.54) is 7.11 Å². The quantitative estimate of drug-likeness (QED) is 0.0851. The van der Waals surface area contributed by atoms with Crippen LogP contribution in [-0.4, -0.2) is 103 Å². The van der Waals surface area contributed by atoms with E-state index >= 15 is 0 Å². The number of esters is 1. The summed E-state index contributed by atoms with van der Waals surface area (Å²) in [5.41, 5.74) is 3.56. The number of nitrogens with one attached hydrogen (secondary N) is 2. The highest BCUT2D eigenvalue weighted by Gasteiger charge is 2.42. The molecule has 2 atom stereocenters. The molecule has 1 aliphatic rings. The Morgan fingerprint density at radius 3 is 2.43 bits per heavy atom. The van der Waals surface area contributed by atoms with Crippen molar-refractivity contribution in [2.75, 3.05) is 87.2 Å². The van der Waals surface area contributed by atoms with Crippen molar-refractivity contribution in [2.24, 2.45) is 0 Å². The number of ether oxygens (including phenoxy) is 3. The molecule has 1 fully saturated rings. The molecule has 6 rings (SSSR count). The molecule has 2 heterocycles. The lowest BCUT2D eigenvalue weighted by Gasteiger charge is -2.29. The van der Waals surface area contributed by atoms with E-state index in [1.54, 1.807) is 36.5 Å². The van der Waals surface area contributed by atoms with Gasteiger partial charge in [0.1, 0.15) is 11.9 Å². The van der Waals surface area contributed by atoms with Gasteiger partial charge in [0.15, 0.2) is 0 Å². The van der Waals surface area contributed by atoms with Crippen LogP contribution in [-0.2, 0) is 29.0 Å². The van der Waals surface area contributed by atoms with Crippen molar-refractivity contribution in [3.8, 4) is 11.1 Å². The molecule has 0 bridgehead atoms. The van der Waals surface area contributed by atoms with Gasteiger partial charge in [0, 0.05) is 67.0 Å². The van der Waals surface area contributed by atoms with Gasteiger partial charge in [-0.25, -0.2) is 18.2 Å². The number of nitrogens with zero attached hydrogens (tertiary/aromatic N) is 4. The van der Waals surface area contributed by atoms with Gasteiger partial charge >= 0.3 is 5.97 Å². The second-order valence-corrected chi connectivity index (χ2v) is 14.6. The monoisotopic (exact) mass is 754 g/mol. The fourth-order valence-electron chi connectivity index (χ4n) is 6.84. The van der Waals surface area contributed by atoms with Gasteiger partial charge in [-0.15, -0.1) is 0 Å². The van der Waals surface area contributed by atoms with E-state index in [9.17, 15) is 13.2 Å². The lowest BCUT2D eigenvalue weighted by Crippen LogP contribution is -2.40. The van der Waals surface area contributed by atoms with Crippen molar-refractivity contribution in [1.29, 1.82) is 0 Å². The molecule has 13 nitrogen and oxygen atoms in total. The van der Waals surface area contributed by atoms with Gasteiger partial charge in [0.05, 0.1) is 45.0 Å². The minimum absolute atomic E-state index is 0.0415. The number of aliphatic hydroxyl groups excluding tert-OH is 1. The normalized spacial score (nSPS) is 15.7. The molecule has 0 radical (unpaired) electrons. The fourth-order valence-corrected chi connectivity index (χ4v) is 8.12. The molecule has 284 valence electrons. The van der Waals surface area contributed by atoms with Crippen LogP contribution in [0, 0.1) is 0 Å². The van der Waals surface area contributed by atoms with Crippen LogP contribution in [0.1, 0.15) is 17.9 Å². The highest BCUT2D eigenvalue weighted by atomic mass is 32.2. The molecule has 0 saturated carbocycles. The van der Waals surface area contributed by atoms with Crippen molar-refractivity contribution in [3.05, 3.63) is 103 Å². The Bertz CT molecular complexity index is 2150. The lowest BCUT2D eigenvalue weighted by atomic mass is 9.91. The number of sulfonamides is 1. The molecule has 3 N–H and O–H groups in total. The molecular weight excluding hydrogens is 709 g/mol. The maximum atomic E-state index is 14.0. The van der Waals surface area contributed by atoms with E-state index in [1.807, 2.05) is 84.6 Å². The van der Waals surface area contributed by atoms with Gasteiger partial charge in [-0.1, -0.05) is 66.7 Å². The SMILES string of the molecule is COC(=O)C1C(c2ccccc2)CCN1c1nc(NCCOCCOCCO)ncc1-c1cccc(NS(=O)(=O)c2cccc3c(N(C)C)cccc23)c1. The summed E-state index contributed by atoms with van der Waals surface area (Å²) in [4.78, 5) is 27.1. The molecule has 2 unspecified atom stereocenters. The molecule has 14 heteroatoms. The van der Waals surface area contributed by atoms with Gasteiger partial charge in [-0.2, -0.15) is 4.98 Å². The Morgan fingerprint density at radius 2 is 1.67 bits per heavy atom. The average Bonchev–Trinajstić information content (AvgIpc) is 3.63. The van der Waals surface area contributed by atoms with E-state index in [2.05, 4.69) is 15.0 Å². The number of hydrogen-bond donors (Lipinski definition) is 3. The van der Waals surface area contributed by atoms with Crippen LogP contribution in [0.25, 0.3) is 21.9 Å². The molecule has 1 aromatic heterocycles. The van der Waals surface area contributed by atoms with Gasteiger partial charge in [-0.3, -0.25) is 4.72 Å². The zero-order valence-corrected chi connectivity index (χ0v) is 31.5. The maximum Gasteiger partial charge on any atom is 0.329 e. The van der Waals surface area contributed by atoms with E-state index in [0.717, 1.165) is 16.6 Å². The second kappa shape index (κ2) is 17.7. The molecule has 1 aliphatic heterocycles. The fraction of sp³-hybridized carbons (Fsp3) is 0.325. The van der Waals surface area contributed by atoms with Crippen LogP contribution in [0.4, 0.5) is 23.1 Å². The zero-order chi connectivity index (χ0) is 38.1. The third kappa shape index (κ3) is 8.74. The third-order valence-corrected chi connectivity index (χ3v) is 10.7. The summed E-state index contributed by atoms with van der Waals surface area (Å²) < 4.78 is 46.9. The first kappa shape index (κ1) is 38.4. The highest BCUT2D eigenvalue weighted by molar-refractivity contribution is 7.93. The Morgan fingerprint density at radius 1 is 0.926 bits per heavy atom. The van der Waals surface area contributed by atoms with Crippen molar-refractivity contribution in [3.63, 3.8) is 0 Å². The number of aliphatic hydroxyl groups is 1. The van der Waals surface area contributed by atoms with Crippen molar-refractivity contribution >= 4 is 49.9 Å². The number of methoxy groups -OCH3 is 1. The molecule has 0 spiro atoms. The molecule has 5 aromatic rings. The molecular formula is C40H46N6O7S. The van der Waals surface area contributed by atoms with Gasteiger partial charge in [0.2, 0.25) is 5.95 Å². The van der Waals surface area contributed by atoms with Crippen molar-refractivity contribution in [1.82, 2.24) is 9.97 Å². The minimum Gasteiger partial charge on any atom is -0.467 e. The first-order valence-corrected chi connectivity index (χ1v) is 19.3. The summed E-state index contributed by atoms with van der Waals surface area (Å²) in [5, 5.41) is 13.5. The summed E-state index contributed by atoms with van der Waals surface area (Å²) in [7, 11) is 1.22. The summed E-state index contributed by atoms with van der Waals surface area (Å²) in [6.45, 7) is 2.25. The molecule has 4 aromatic carbocycles. The lowest BCUT2D eigenvalue weighted by molar-refractivity contribution is -0.142. The topological polar surface area (TPSA) is 155 Å². The van der Waals surface area contributed by atoms with E-state index < -0.39 is 16.1 Å². The maximum absolute atomic E-state index is 14.0. The Kier molecular flexibility index (Phi) is 12.6. The van der Waals surface area contributed by atoms with Gasteiger partial charge in [0.25, 0.3) is 10.0 Å². The largest absolute Gasteiger partial charge is 0.467 e. The predicted molar refractivity (Wildman–Crippen MR) is 211 cm³/mol. The number of aromatic nitrogens is 2. The zero-order valence-electron chi connectivity index (χ0n) is 30.6. The Balaban J connectivity index is 1.32. The highest BCUT2D eigenvalue weighted by Crippen LogP contribution is 2.41. The summed E-state index contributed by atoms with van der Waals surface area (Å²) in [5.74, 6) is 0.313. The summed E-state index contributed by atoms with van der Waals surface area (Å²) in [6, 6.07) is 27.2. The first-order chi connectivity index (χ1) is 26.2. The Labute approximate surface area is 316 Å². The number of fused-ring (bicyclic) bond motifs is 1. The van der Waals surface area contributed by atoms with Crippen molar-refractivity contribution < 1.29 is 32.5 Å². The van der Waals surface area contributed by atoms with Crippen LogP contribution < -0.4 is 19.8 Å². The van der Waals surface area contributed by atoms with Crippen LogP contribution in [0.5, 0.6) is 0 Å². The molecule has 54 heavy (non-hydrogen) atoms. The minimum atomic E-state index is -4.01. The number of benzene rings is 4. The van der Waals surface area contributed by atoms with Crippen LogP contribution in [0.15, 0.2) is 102 Å².